The Labute approximate surface area is 175 Å². The molecule has 0 atom stereocenters. The largest absolute Gasteiger partial charge is 0.416 e. The van der Waals surface area contributed by atoms with Crippen LogP contribution in [0, 0.1) is 0 Å². The van der Waals surface area contributed by atoms with Crippen molar-refractivity contribution in [3.63, 3.8) is 0 Å². The number of nitrogens with zero attached hydrogens (tertiary/aromatic N) is 3. The molecule has 2 heterocycles. The molecule has 1 N–H and O–H groups in total. The van der Waals surface area contributed by atoms with Crippen molar-refractivity contribution in [1.29, 1.82) is 0 Å². The Hall–Kier alpha value is -2.48. The summed E-state index contributed by atoms with van der Waals surface area (Å²) < 4.78 is 47.4. The van der Waals surface area contributed by atoms with Gasteiger partial charge in [0.05, 0.1) is 12.1 Å². The first-order valence-electron chi connectivity index (χ1n) is 10.0. The lowest BCUT2D eigenvalue weighted by atomic mass is 9.73. The van der Waals surface area contributed by atoms with Crippen LogP contribution in [-0.4, -0.2) is 49.3 Å². The second-order valence-electron chi connectivity index (χ2n) is 7.84. The van der Waals surface area contributed by atoms with Crippen molar-refractivity contribution in [2.24, 2.45) is 12.0 Å². The van der Waals surface area contributed by atoms with Crippen molar-refractivity contribution in [1.82, 2.24) is 14.8 Å². The molecule has 0 saturated carbocycles. The van der Waals surface area contributed by atoms with Crippen molar-refractivity contribution >= 4 is 5.96 Å². The smallest absolute Gasteiger partial charge is 0.381 e. The number of ether oxygens (including phenoxy) is 1. The molecule has 0 unspecified atom stereocenters. The van der Waals surface area contributed by atoms with Gasteiger partial charge in [0.2, 0.25) is 0 Å². The molecule has 0 bridgehead atoms. The fourth-order valence-electron chi connectivity index (χ4n) is 3.97. The van der Waals surface area contributed by atoms with Gasteiger partial charge in [-0.05, 0) is 36.6 Å². The second-order valence-corrected chi connectivity index (χ2v) is 7.84. The summed E-state index contributed by atoms with van der Waals surface area (Å²) >= 11 is 0. The van der Waals surface area contributed by atoms with Gasteiger partial charge in [0.25, 0.3) is 0 Å². The molecule has 0 amide bonds. The Morgan fingerprint density at radius 2 is 1.97 bits per heavy atom. The highest BCUT2D eigenvalue weighted by Crippen LogP contribution is 2.37. The summed E-state index contributed by atoms with van der Waals surface area (Å²) in [7, 11) is 5.65. The van der Waals surface area contributed by atoms with Gasteiger partial charge < -0.3 is 19.5 Å². The molecule has 1 fully saturated rings. The SMILES string of the molecule is CN=C(NCC1(c2cccc(C(F)(F)F)c2)CCOCC1)N(C)Cc1cccn1C. The highest BCUT2D eigenvalue weighted by molar-refractivity contribution is 5.79. The van der Waals surface area contributed by atoms with Gasteiger partial charge in [-0.25, -0.2) is 0 Å². The van der Waals surface area contributed by atoms with Crippen LogP contribution < -0.4 is 5.32 Å². The molecule has 1 aliphatic heterocycles. The Kier molecular flexibility index (Phi) is 6.75. The maximum atomic E-state index is 13.3. The van der Waals surface area contributed by atoms with E-state index in [1.165, 1.54) is 12.1 Å². The van der Waals surface area contributed by atoms with Crippen LogP contribution >= 0.6 is 0 Å². The van der Waals surface area contributed by atoms with Crippen molar-refractivity contribution in [3.05, 3.63) is 59.4 Å². The molecule has 2 aromatic rings. The second kappa shape index (κ2) is 9.12. The lowest BCUT2D eigenvalue weighted by molar-refractivity contribution is -0.137. The average molecular weight is 422 g/mol. The molecule has 1 saturated heterocycles. The summed E-state index contributed by atoms with van der Waals surface area (Å²) in [4.78, 5) is 6.38. The van der Waals surface area contributed by atoms with E-state index in [-0.39, 0.29) is 0 Å². The molecular weight excluding hydrogens is 393 g/mol. The third-order valence-corrected chi connectivity index (χ3v) is 5.86. The number of aliphatic imine (C=N–C) groups is 1. The molecule has 0 radical (unpaired) electrons. The van der Waals surface area contributed by atoms with Crippen LogP contribution in [0.15, 0.2) is 47.6 Å². The zero-order chi connectivity index (χ0) is 21.8. The number of alkyl halides is 3. The van der Waals surface area contributed by atoms with Gasteiger partial charge >= 0.3 is 6.18 Å². The number of aryl methyl sites for hydroxylation is 1. The van der Waals surface area contributed by atoms with Gasteiger partial charge in [-0.2, -0.15) is 13.2 Å². The average Bonchev–Trinajstić information content (AvgIpc) is 3.13. The van der Waals surface area contributed by atoms with Crippen LogP contribution in [0.4, 0.5) is 13.2 Å². The lowest BCUT2D eigenvalue weighted by Gasteiger charge is -2.39. The van der Waals surface area contributed by atoms with E-state index in [0.717, 1.165) is 11.8 Å². The first kappa shape index (κ1) is 22.2. The van der Waals surface area contributed by atoms with Gasteiger partial charge in [0.1, 0.15) is 0 Å². The number of halogens is 3. The van der Waals surface area contributed by atoms with Crippen LogP contribution in [0.5, 0.6) is 0 Å². The number of nitrogens with one attached hydrogen (secondary N) is 1. The molecule has 1 aromatic heterocycles. The van der Waals surface area contributed by atoms with Gasteiger partial charge in [0, 0.05) is 58.2 Å². The van der Waals surface area contributed by atoms with E-state index in [1.807, 2.05) is 41.9 Å². The third kappa shape index (κ3) is 4.98. The Balaban J connectivity index is 1.78. The monoisotopic (exact) mass is 422 g/mol. The number of hydrogen-bond donors (Lipinski definition) is 1. The maximum absolute atomic E-state index is 13.3. The standard InChI is InChI=1S/C22H29F3N4O/c1-26-20(29(3)15-19-8-5-11-28(19)2)27-16-21(9-12-30-13-10-21)17-6-4-7-18(14-17)22(23,24)25/h4-8,11,14H,9-10,12-13,15-16H2,1-3H3,(H,26,27). The molecule has 30 heavy (non-hydrogen) atoms. The molecule has 8 heteroatoms. The Bertz CT molecular complexity index is 869. The van der Waals surface area contributed by atoms with E-state index < -0.39 is 17.2 Å². The van der Waals surface area contributed by atoms with Crippen LogP contribution in [0.25, 0.3) is 0 Å². The molecule has 5 nitrogen and oxygen atoms in total. The topological polar surface area (TPSA) is 41.8 Å². The van der Waals surface area contributed by atoms with Gasteiger partial charge in [-0.3, -0.25) is 4.99 Å². The number of guanidine groups is 1. The molecule has 1 aromatic carbocycles. The Morgan fingerprint density at radius 1 is 1.23 bits per heavy atom. The first-order chi connectivity index (χ1) is 14.2. The molecule has 0 aliphatic carbocycles. The van der Waals surface area contributed by atoms with Crippen LogP contribution in [0.2, 0.25) is 0 Å². The number of rotatable bonds is 5. The van der Waals surface area contributed by atoms with Crippen molar-refractivity contribution in [3.8, 4) is 0 Å². The fraction of sp³-hybridized carbons (Fsp3) is 0.500. The third-order valence-electron chi connectivity index (χ3n) is 5.86. The lowest BCUT2D eigenvalue weighted by Crippen LogP contribution is -2.48. The van der Waals surface area contributed by atoms with Crippen LogP contribution in [0.3, 0.4) is 0 Å². The van der Waals surface area contributed by atoms with E-state index in [0.29, 0.717) is 50.7 Å². The van der Waals surface area contributed by atoms with Gasteiger partial charge in [-0.15, -0.1) is 0 Å². The van der Waals surface area contributed by atoms with E-state index in [1.54, 1.807) is 13.1 Å². The predicted octanol–water partition coefficient (Wildman–Crippen LogP) is 3.80. The van der Waals surface area contributed by atoms with Gasteiger partial charge in [0.15, 0.2) is 5.96 Å². The first-order valence-corrected chi connectivity index (χ1v) is 10.0. The van der Waals surface area contributed by atoms with Gasteiger partial charge in [-0.1, -0.05) is 18.2 Å². The normalized spacial score (nSPS) is 17.1. The summed E-state index contributed by atoms with van der Waals surface area (Å²) in [6.45, 7) is 2.20. The minimum atomic E-state index is -4.36. The zero-order valence-electron chi connectivity index (χ0n) is 17.7. The Morgan fingerprint density at radius 3 is 2.57 bits per heavy atom. The maximum Gasteiger partial charge on any atom is 0.416 e. The predicted molar refractivity (Wildman–Crippen MR) is 111 cm³/mol. The van der Waals surface area contributed by atoms with E-state index >= 15 is 0 Å². The molecule has 0 spiro atoms. The summed E-state index contributed by atoms with van der Waals surface area (Å²) in [6, 6.07) is 9.72. The minimum absolute atomic E-state index is 0.443. The molecule has 164 valence electrons. The fourth-order valence-corrected chi connectivity index (χ4v) is 3.97. The van der Waals surface area contributed by atoms with E-state index in [2.05, 4.69) is 10.3 Å². The number of benzene rings is 1. The highest BCUT2D eigenvalue weighted by atomic mass is 19.4. The van der Waals surface area contributed by atoms with Crippen molar-refractivity contribution in [2.45, 2.75) is 31.0 Å². The molecular formula is C22H29F3N4O. The van der Waals surface area contributed by atoms with Crippen molar-refractivity contribution < 1.29 is 17.9 Å². The van der Waals surface area contributed by atoms with E-state index in [9.17, 15) is 13.2 Å². The van der Waals surface area contributed by atoms with Crippen molar-refractivity contribution in [2.75, 3.05) is 33.9 Å². The van der Waals surface area contributed by atoms with Crippen LogP contribution in [-0.2, 0) is 29.9 Å². The number of aromatic nitrogens is 1. The summed E-state index contributed by atoms with van der Waals surface area (Å²) in [5.74, 6) is 0.703. The quantitative estimate of drug-likeness (QED) is 0.589. The summed E-state index contributed by atoms with van der Waals surface area (Å²) in [5, 5.41) is 3.40. The highest BCUT2D eigenvalue weighted by Gasteiger charge is 2.37. The van der Waals surface area contributed by atoms with Crippen LogP contribution in [0.1, 0.15) is 29.7 Å². The number of hydrogen-bond acceptors (Lipinski definition) is 2. The van der Waals surface area contributed by atoms with E-state index in [4.69, 9.17) is 4.74 Å². The molecule has 1 aliphatic rings. The minimum Gasteiger partial charge on any atom is -0.381 e. The molecule has 3 rings (SSSR count). The summed E-state index contributed by atoms with van der Waals surface area (Å²) in [6.07, 6.45) is -1.06. The summed E-state index contributed by atoms with van der Waals surface area (Å²) in [5.41, 5.74) is 0.769. The zero-order valence-corrected chi connectivity index (χ0v) is 17.7.